The molecule has 2 atom stereocenters. The van der Waals surface area contributed by atoms with Crippen LogP contribution in [0, 0.1) is 0 Å². The van der Waals surface area contributed by atoms with Gasteiger partial charge in [0.25, 0.3) is 0 Å². The smallest absolute Gasteiger partial charge is 0.244 e. The highest BCUT2D eigenvalue weighted by Crippen LogP contribution is 2.27. The maximum Gasteiger partial charge on any atom is 0.244 e. The number of amides is 2. The molecule has 2 amide bonds. The van der Waals surface area contributed by atoms with Crippen LogP contribution in [0.4, 0.5) is 0 Å². The van der Waals surface area contributed by atoms with Crippen LogP contribution < -0.4 is 25.4 Å². The summed E-state index contributed by atoms with van der Waals surface area (Å²) in [6, 6.07) is 5.81. The van der Waals surface area contributed by atoms with Crippen LogP contribution in [0.25, 0.3) is 6.08 Å². The van der Waals surface area contributed by atoms with Crippen molar-refractivity contribution in [1.29, 1.82) is 0 Å². The lowest BCUT2D eigenvalue weighted by Gasteiger charge is -2.41. The van der Waals surface area contributed by atoms with Gasteiger partial charge in [0.15, 0.2) is 11.5 Å². The van der Waals surface area contributed by atoms with E-state index in [2.05, 4.69) is 20.9 Å². The minimum Gasteiger partial charge on any atom is -0.493 e. The maximum atomic E-state index is 12.3. The van der Waals surface area contributed by atoms with E-state index in [1.807, 2.05) is 25.1 Å². The van der Waals surface area contributed by atoms with E-state index in [4.69, 9.17) is 9.47 Å². The standard InChI is InChI=1S/C21H30N4O4/c1-14-12-20(27)24-21(22-14)25-10-8-16(9-11-25)23-19(26)7-5-15-4-6-17(28-2)18(13-15)29-3/h4-7,13-14,16,21-22H,8-12H2,1-3H3,(H,23,26)(H,24,27)/b7-5+. The summed E-state index contributed by atoms with van der Waals surface area (Å²) in [5, 5.41) is 9.46. The Morgan fingerprint density at radius 1 is 1.21 bits per heavy atom. The Hall–Kier alpha value is -2.58. The highest BCUT2D eigenvalue weighted by Gasteiger charge is 2.30. The van der Waals surface area contributed by atoms with Crippen molar-refractivity contribution in [3.8, 4) is 11.5 Å². The van der Waals surface area contributed by atoms with Crippen LogP contribution in [0.2, 0.25) is 0 Å². The van der Waals surface area contributed by atoms with E-state index < -0.39 is 0 Å². The number of likely N-dealkylation sites (tertiary alicyclic amines) is 1. The topological polar surface area (TPSA) is 91.9 Å². The molecular formula is C21H30N4O4. The third-order valence-corrected chi connectivity index (χ3v) is 5.31. The molecule has 8 heteroatoms. The quantitative estimate of drug-likeness (QED) is 0.617. The molecule has 0 bridgehead atoms. The first-order valence-electron chi connectivity index (χ1n) is 9.98. The first-order valence-corrected chi connectivity index (χ1v) is 9.98. The minimum atomic E-state index is -0.118. The Labute approximate surface area is 171 Å². The molecule has 1 aromatic carbocycles. The average Bonchev–Trinajstić information content (AvgIpc) is 2.71. The summed E-state index contributed by atoms with van der Waals surface area (Å²) in [5.74, 6) is 1.24. The van der Waals surface area contributed by atoms with Crippen LogP contribution in [0.5, 0.6) is 11.5 Å². The zero-order valence-corrected chi connectivity index (χ0v) is 17.2. The van der Waals surface area contributed by atoms with Crippen LogP contribution in [-0.4, -0.2) is 62.4 Å². The molecule has 158 valence electrons. The molecule has 2 fully saturated rings. The fraction of sp³-hybridized carbons (Fsp3) is 0.524. The predicted molar refractivity (Wildman–Crippen MR) is 110 cm³/mol. The molecule has 0 saturated carbocycles. The number of rotatable bonds is 6. The van der Waals surface area contributed by atoms with Crippen LogP contribution in [0.3, 0.4) is 0 Å². The van der Waals surface area contributed by atoms with Crippen molar-refractivity contribution in [2.24, 2.45) is 0 Å². The van der Waals surface area contributed by atoms with Gasteiger partial charge in [0.1, 0.15) is 6.29 Å². The van der Waals surface area contributed by atoms with Crippen molar-refractivity contribution in [3.63, 3.8) is 0 Å². The van der Waals surface area contributed by atoms with Gasteiger partial charge >= 0.3 is 0 Å². The molecule has 29 heavy (non-hydrogen) atoms. The molecule has 0 spiro atoms. The highest BCUT2D eigenvalue weighted by atomic mass is 16.5. The molecule has 2 saturated heterocycles. The van der Waals surface area contributed by atoms with Crippen LogP contribution >= 0.6 is 0 Å². The summed E-state index contributed by atoms with van der Waals surface area (Å²) in [7, 11) is 3.17. The van der Waals surface area contributed by atoms with E-state index in [1.54, 1.807) is 20.3 Å². The summed E-state index contributed by atoms with van der Waals surface area (Å²) >= 11 is 0. The monoisotopic (exact) mass is 402 g/mol. The van der Waals surface area contributed by atoms with Gasteiger partial charge in [-0.15, -0.1) is 0 Å². The van der Waals surface area contributed by atoms with E-state index in [1.165, 1.54) is 6.08 Å². The number of methoxy groups -OCH3 is 2. The van der Waals surface area contributed by atoms with Crippen molar-refractivity contribution in [3.05, 3.63) is 29.8 Å². The molecule has 0 aliphatic carbocycles. The van der Waals surface area contributed by atoms with Crippen molar-refractivity contribution in [2.45, 2.75) is 44.6 Å². The number of benzene rings is 1. The Bertz CT molecular complexity index is 759. The van der Waals surface area contributed by atoms with Crippen molar-refractivity contribution in [1.82, 2.24) is 20.9 Å². The molecule has 8 nitrogen and oxygen atoms in total. The lowest BCUT2D eigenvalue weighted by molar-refractivity contribution is -0.127. The number of nitrogens with zero attached hydrogens (tertiary/aromatic N) is 1. The van der Waals surface area contributed by atoms with E-state index in [0.29, 0.717) is 17.9 Å². The van der Waals surface area contributed by atoms with Gasteiger partial charge in [0, 0.05) is 37.7 Å². The van der Waals surface area contributed by atoms with Crippen molar-refractivity contribution >= 4 is 17.9 Å². The molecule has 2 aliphatic heterocycles. The van der Waals surface area contributed by atoms with Crippen LogP contribution in [0.15, 0.2) is 24.3 Å². The number of ether oxygens (including phenoxy) is 2. The molecule has 2 heterocycles. The second kappa shape index (κ2) is 9.76. The molecule has 1 aromatic rings. The van der Waals surface area contributed by atoms with E-state index in [9.17, 15) is 9.59 Å². The normalized spacial score (nSPS) is 23.6. The summed E-state index contributed by atoms with van der Waals surface area (Å²) < 4.78 is 10.5. The Morgan fingerprint density at radius 2 is 1.93 bits per heavy atom. The number of hydrogen-bond donors (Lipinski definition) is 3. The van der Waals surface area contributed by atoms with Gasteiger partial charge in [-0.2, -0.15) is 0 Å². The fourth-order valence-electron chi connectivity index (χ4n) is 3.74. The summed E-state index contributed by atoms with van der Waals surface area (Å²) in [6.45, 7) is 3.65. The second-order valence-electron chi connectivity index (χ2n) is 7.51. The predicted octanol–water partition coefficient (Wildman–Crippen LogP) is 1.08. The summed E-state index contributed by atoms with van der Waals surface area (Å²) in [6.07, 6.45) is 5.38. The third-order valence-electron chi connectivity index (χ3n) is 5.31. The van der Waals surface area contributed by atoms with E-state index in [-0.39, 0.29) is 30.2 Å². The average molecular weight is 402 g/mol. The molecule has 2 unspecified atom stereocenters. The molecule has 3 rings (SSSR count). The molecule has 0 radical (unpaired) electrons. The SMILES string of the molecule is COc1ccc(/C=C/C(=O)NC2CCN(C3NC(=O)CC(C)N3)CC2)cc1OC. The summed E-state index contributed by atoms with van der Waals surface area (Å²) in [5.41, 5.74) is 0.862. The maximum absolute atomic E-state index is 12.3. The second-order valence-corrected chi connectivity index (χ2v) is 7.51. The van der Waals surface area contributed by atoms with E-state index in [0.717, 1.165) is 31.5 Å². The number of carbonyl (C=O) groups excluding carboxylic acids is 2. The largest absolute Gasteiger partial charge is 0.493 e. The lowest BCUT2D eigenvalue weighted by atomic mass is 10.0. The Morgan fingerprint density at radius 3 is 2.59 bits per heavy atom. The number of piperidine rings is 1. The van der Waals surface area contributed by atoms with Gasteiger partial charge in [-0.25, -0.2) is 0 Å². The summed E-state index contributed by atoms with van der Waals surface area (Å²) in [4.78, 5) is 26.3. The lowest BCUT2D eigenvalue weighted by Crippen LogP contribution is -2.65. The van der Waals surface area contributed by atoms with Gasteiger partial charge in [0.05, 0.1) is 14.2 Å². The van der Waals surface area contributed by atoms with Gasteiger partial charge in [-0.1, -0.05) is 6.07 Å². The van der Waals surface area contributed by atoms with Crippen molar-refractivity contribution in [2.75, 3.05) is 27.3 Å². The van der Waals surface area contributed by atoms with E-state index >= 15 is 0 Å². The van der Waals surface area contributed by atoms with Crippen LogP contribution in [0.1, 0.15) is 31.7 Å². The number of hydrogen-bond acceptors (Lipinski definition) is 6. The molecule has 3 N–H and O–H groups in total. The van der Waals surface area contributed by atoms with Crippen molar-refractivity contribution < 1.29 is 19.1 Å². The first kappa shape index (κ1) is 21.1. The zero-order valence-electron chi connectivity index (χ0n) is 17.2. The van der Waals surface area contributed by atoms with Gasteiger partial charge in [-0.3, -0.25) is 19.8 Å². The van der Waals surface area contributed by atoms with Gasteiger partial charge < -0.3 is 20.1 Å². The zero-order chi connectivity index (χ0) is 20.8. The first-order chi connectivity index (χ1) is 14.0. The third kappa shape index (κ3) is 5.71. The minimum absolute atomic E-state index is 0.0805. The number of carbonyl (C=O) groups is 2. The van der Waals surface area contributed by atoms with Gasteiger partial charge in [0.2, 0.25) is 11.8 Å². The fourth-order valence-corrected chi connectivity index (χ4v) is 3.74. The van der Waals surface area contributed by atoms with Crippen LogP contribution in [-0.2, 0) is 9.59 Å². The molecule has 2 aliphatic rings. The Kier molecular flexibility index (Phi) is 7.11. The molecule has 0 aromatic heterocycles. The molecular weight excluding hydrogens is 372 g/mol. The number of nitrogens with one attached hydrogen (secondary N) is 3. The van der Waals surface area contributed by atoms with Gasteiger partial charge in [-0.05, 0) is 43.5 Å². The highest BCUT2D eigenvalue weighted by molar-refractivity contribution is 5.92. The Balaban J connectivity index is 1.47.